The van der Waals surface area contributed by atoms with Crippen LogP contribution in [0.1, 0.15) is 26.5 Å². The predicted molar refractivity (Wildman–Crippen MR) is 107 cm³/mol. The second-order valence-electron chi connectivity index (χ2n) is 5.58. The third-order valence-electron chi connectivity index (χ3n) is 3.63. The molecule has 0 aliphatic heterocycles. The standard InChI is InChI=1S/C17H12Cl2N2O5S2/c1-9-4-5-10(7-11(9)20-17(23)12-3-2-6-26-12)16(22)21-28(24,25)13-8-14(18)27-15(13)19/h2-8H,1H3,(H,20,23)(H,21,22). The smallest absolute Gasteiger partial charge is 0.291 e. The van der Waals surface area contributed by atoms with Crippen LogP contribution in [0.15, 0.2) is 52.0 Å². The first-order valence-corrected chi connectivity index (χ1v) is 10.7. The van der Waals surface area contributed by atoms with E-state index in [9.17, 15) is 18.0 Å². The lowest BCUT2D eigenvalue weighted by atomic mass is 10.1. The van der Waals surface area contributed by atoms with Crippen molar-refractivity contribution in [1.29, 1.82) is 0 Å². The normalized spacial score (nSPS) is 11.2. The van der Waals surface area contributed by atoms with Crippen LogP contribution in [0.4, 0.5) is 5.69 Å². The van der Waals surface area contributed by atoms with Gasteiger partial charge >= 0.3 is 0 Å². The summed E-state index contributed by atoms with van der Waals surface area (Å²) in [7, 11) is -4.21. The van der Waals surface area contributed by atoms with Gasteiger partial charge in [-0.05, 0) is 42.8 Å². The Morgan fingerprint density at radius 1 is 1.11 bits per heavy atom. The van der Waals surface area contributed by atoms with Crippen LogP contribution in [-0.4, -0.2) is 20.2 Å². The van der Waals surface area contributed by atoms with E-state index < -0.39 is 21.8 Å². The van der Waals surface area contributed by atoms with E-state index in [0.717, 1.165) is 17.4 Å². The minimum atomic E-state index is -4.21. The van der Waals surface area contributed by atoms with Crippen LogP contribution >= 0.6 is 34.5 Å². The number of sulfonamides is 1. The molecule has 0 unspecified atom stereocenters. The molecule has 2 N–H and O–H groups in total. The van der Waals surface area contributed by atoms with E-state index in [1.54, 1.807) is 19.1 Å². The van der Waals surface area contributed by atoms with E-state index >= 15 is 0 Å². The molecule has 2 aromatic heterocycles. The number of furan rings is 1. The van der Waals surface area contributed by atoms with Crippen LogP contribution in [0.25, 0.3) is 0 Å². The van der Waals surface area contributed by atoms with E-state index in [1.807, 2.05) is 4.72 Å². The number of nitrogens with one attached hydrogen (secondary N) is 2. The molecular formula is C17H12Cl2N2O5S2. The third kappa shape index (κ3) is 4.39. The minimum Gasteiger partial charge on any atom is -0.459 e. The van der Waals surface area contributed by atoms with Crippen molar-refractivity contribution in [2.45, 2.75) is 11.8 Å². The van der Waals surface area contributed by atoms with Crippen molar-refractivity contribution in [2.75, 3.05) is 5.32 Å². The molecule has 0 atom stereocenters. The van der Waals surface area contributed by atoms with Crippen LogP contribution in [-0.2, 0) is 10.0 Å². The van der Waals surface area contributed by atoms with Crippen molar-refractivity contribution in [3.8, 4) is 0 Å². The summed E-state index contributed by atoms with van der Waals surface area (Å²) in [6.45, 7) is 1.73. The topological polar surface area (TPSA) is 105 Å². The summed E-state index contributed by atoms with van der Waals surface area (Å²) in [5.74, 6) is -1.29. The van der Waals surface area contributed by atoms with E-state index in [-0.39, 0.29) is 24.9 Å². The van der Waals surface area contributed by atoms with Crippen molar-refractivity contribution in [3.05, 3.63) is 68.2 Å². The molecule has 0 fully saturated rings. The fraction of sp³-hybridized carbons (Fsp3) is 0.0588. The summed E-state index contributed by atoms with van der Waals surface area (Å²) >= 11 is 12.5. The molecule has 0 radical (unpaired) electrons. The molecule has 7 nitrogen and oxygen atoms in total. The number of halogens is 2. The van der Waals surface area contributed by atoms with Gasteiger partial charge in [0, 0.05) is 11.3 Å². The summed E-state index contributed by atoms with van der Waals surface area (Å²) in [5, 5.41) is 2.62. The average Bonchev–Trinajstić information content (AvgIpc) is 3.26. The zero-order valence-corrected chi connectivity index (χ0v) is 17.3. The van der Waals surface area contributed by atoms with E-state index in [2.05, 4.69) is 5.32 Å². The quantitative estimate of drug-likeness (QED) is 0.591. The number of carbonyl (C=O) groups excluding carboxylic acids is 2. The number of thiophene rings is 1. The first-order valence-electron chi connectivity index (χ1n) is 7.65. The number of anilines is 1. The van der Waals surface area contributed by atoms with Gasteiger partial charge in [0.1, 0.15) is 9.23 Å². The number of rotatable bonds is 5. The number of aryl methyl sites for hydroxylation is 1. The van der Waals surface area contributed by atoms with Crippen molar-refractivity contribution in [1.82, 2.24) is 4.72 Å². The summed E-state index contributed by atoms with van der Waals surface area (Å²) in [6.07, 6.45) is 1.36. The van der Waals surface area contributed by atoms with Crippen LogP contribution in [0.5, 0.6) is 0 Å². The number of benzene rings is 1. The highest BCUT2D eigenvalue weighted by Crippen LogP contribution is 2.34. The van der Waals surface area contributed by atoms with Gasteiger partial charge in [0.25, 0.3) is 21.8 Å². The Labute approximate surface area is 174 Å². The maximum absolute atomic E-state index is 12.4. The van der Waals surface area contributed by atoms with Gasteiger partial charge in [0.05, 0.1) is 10.6 Å². The van der Waals surface area contributed by atoms with Gasteiger partial charge in [0.15, 0.2) is 5.76 Å². The largest absolute Gasteiger partial charge is 0.459 e. The molecule has 3 aromatic rings. The van der Waals surface area contributed by atoms with Gasteiger partial charge in [-0.1, -0.05) is 29.3 Å². The Bertz CT molecular complexity index is 1150. The number of carbonyl (C=O) groups is 2. The molecule has 0 saturated carbocycles. The van der Waals surface area contributed by atoms with Gasteiger partial charge in [-0.25, -0.2) is 13.1 Å². The molecule has 3 rings (SSSR count). The molecule has 11 heteroatoms. The van der Waals surface area contributed by atoms with Crippen molar-refractivity contribution in [2.24, 2.45) is 0 Å². The van der Waals surface area contributed by atoms with E-state index in [1.165, 1.54) is 24.5 Å². The second kappa shape index (κ2) is 7.96. The van der Waals surface area contributed by atoms with Gasteiger partial charge in [0.2, 0.25) is 0 Å². The highest BCUT2D eigenvalue weighted by molar-refractivity contribution is 7.90. The van der Waals surface area contributed by atoms with E-state index in [0.29, 0.717) is 11.3 Å². The molecule has 0 bridgehead atoms. The first kappa shape index (κ1) is 20.4. The maximum Gasteiger partial charge on any atom is 0.291 e. The highest BCUT2D eigenvalue weighted by Gasteiger charge is 2.24. The summed E-state index contributed by atoms with van der Waals surface area (Å²) in [5.41, 5.74) is 1.04. The molecular weight excluding hydrogens is 447 g/mol. The second-order valence-corrected chi connectivity index (χ2v) is 9.52. The molecule has 146 valence electrons. The molecule has 0 aliphatic carbocycles. The molecule has 0 spiro atoms. The van der Waals surface area contributed by atoms with Gasteiger partial charge in [-0.2, -0.15) is 0 Å². The zero-order valence-electron chi connectivity index (χ0n) is 14.2. The molecule has 0 aliphatic rings. The molecule has 28 heavy (non-hydrogen) atoms. The number of hydrogen-bond donors (Lipinski definition) is 2. The van der Waals surface area contributed by atoms with Gasteiger partial charge in [-0.15, -0.1) is 11.3 Å². The van der Waals surface area contributed by atoms with E-state index in [4.69, 9.17) is 27.6 Å². The van der Waals surface area contributed by atoms with Crippen LogP contribution < -0.4 is 10.0 Å². The van der Waals surface area contributed by atoms with Crippen molar-refractivity contribution in [3.63, 3.8) is 0 Å². The van der Waals surface area contributed by atoms with Gasteiger partial charge < -0.3 is 9.73 Å². The first-order chi connectivity index (χ1) is 13.2. The van der Waals surface area contributed by atoms with Crippen LogP contribution in [0, 0.1) is 6.92 Å². The predicted octanol–water partition coefficient (Wildman–Crippen LogP) is 4.33. The molecule has 2 heterocycles. The Balaban J connectivity index is 1.82. The number of hydrogen-bond acceptors (Lipinski definition) is 6. The monoisotopic (exact) mass is 458 g/mol. The number of amides is 2. The Morgan fingerprint density at radius 3 is 2.46 bits per heavy atom. The molecule has 1 aromatic carbocycles. The highest BCUT2D eigenvalue weighted by atomic mass is 35.5. The van der Waals surface area contributed by atoms with Gasteiger partial charge in [-0.3, -0.25) is 9.59 Å². The molecule has 2 amide bonds. The minimum absolute atomic E-state index is 0.0290. The SMILES string of the molecule is Cc1ccc(C(=O)NS(=O)(=O)c2cc(Cl)sc2Cl)cc1NC(=O)c1ccco1. The molecule has 0 saturated heterocycles. The Morgan fingerprint density at radius 2 is 1.86 bits per heavy atom. The fourth-order valence-electron chi connectivity index (χ4n) is 2.23. The van der Waals surface area contributed by atoms with Crippen LogP contribution in [0.2, 0.25) is 8.67 Å². The summed E-state index contributed by atoms with van der Waals surface area (Å²) < 4.78 is 31.8. The zero-order chi connectivity index (χ0) is 20.5. The summed E-state index contributed by atoms with van der Waals surface area (Å²) in [6, 6.07) is 8.60. The Hall–Kier alpha value is -2.33. The van der Waals surface area contributed by atoms with Crippen molar-refractivity contribution < 1.29 is 22.4 Å². The lowest BCUT2D eigenvalue weighted by Gasteiger charge is -2.10. The lowest BCUT2D eigenvalue weighted by molar-refractivity contribution is 0.0976. The third-order valence-corrected chi connectivity index (χ3v) is 6.72. The van der Waals surface area contributed by atoms with Crippen molar-refractivity contribution >= 4 is 62.1 Å². The van der Waals surface area contributed by atoms with Crippen LogP contribution in [0.3, 0.4) is 0 Å². The Kier molecular flexibility index (Phi) is 5.80. The lowest BCUT2D eigenvalue weighted by Crippen LogP contribution is -2.30. The summed E-state index contributed by atoms with van der Waals surface area (Å²) in [4.78, 5) is 24.3. The fourth-order valence-corrected chi connectivity index (χ4v) is 5.36. The maximum atomic E-state index is 12.4. The average molecular weight is 459 g/mol.